The number of carbonyl (C=O) groups excluding carboxylic acids is 1. The lowest BCUT2D eigenvalue weighted by atomic mass is 10.1. The normalized spacial score (nSPS) is 18.2. The number of nitrogens with zero attached hydrogens (tertiary/aromatic N) is 1. The van der Waals surface area contributed by atoms with Crippen molar-refractivity contribution in [2.75, 3.05) is 19.6 Å². The molecule has 0 aliphatic carbocycles. The Morgan fingerprint density at radius 3 is 2.57 bits per heavy atom. The maximum atomic E-state index is 13.8. The molecule has 3 nitrogen and oxygen atoms in total. The average molecular weight is 296 g/mol. The Balaban J connectivity index is 2.20. The minimum Gasteiger partial charge on any atom is -0.337 e. The summed E-state index contributed by atoms with van der Waals surface area (Å²) in [6, 6.07) is 3.73. The molecule has 0 saturated carbocycles. The molecule has 1 unspecified atom stereocenters. The summed E-state index contributed by atoms with van der Waals surface area (Å²) in [5.74, 6) is -1.92. The van der Waals surface area contributed by atoms with Gasteiger partial charge in [0.05, 0.1) is 0 Å². The first-order chi connectivity index (χ1) is 9.99. The summed E-state index contributed by atoms with van der Waals surface area (Å²) in [5, 5.41) is 3.31. The van der Waals surface area contributed by atoms with Crippen LogP contribution >= 0.6 is 0 Å². The molecule has 1 heterocycles. The van der Waals surface area contributed by atoms with Crippen molar-refractivity contribution in [3.05, 3.63) is 35.4 Å². The molecule has 1 aromatic carbocycles. The lowest BCUT2D eigenvalue weighted by Crippen LogP contribution is -2.43. The first kappa shape index (κ1) is 15.9. The zero-order chi connectivity index (χ0) is 15.4. The van der Waals surface area contributed by atoms with Gasteiger partial charge in [0.15, 0.2) is 0 Å². The molecule has 5 heteroatoms. The van der Waals surface area contributed by atoms with Gasteiger partial charge in [0.2, 0.25) is 0 Å². The summed E-state index contributed by atoms with van der Waals surface area (Å²) < 4.78 is 27.6. The Bertz CT molecular complexity index is 479. The standard InChI is InChI=1S/C16H22F2N2O/c1-11(2)9-20(10-12-5-4-8-19-12)16(21)15-13(17)6-3-7-14(15)18/h3,6-7,11-12,19H,4-5,8-10H2,1-2H3. The highest BCUT2D eigenvalue weighted by Gasteiger charge is 2.26. The molecular weight excluding hydrogens is 274 g/mol. The van der Waals surface area contributed by atoms with Gasteiger partial charge < -0.3 is 10.2 Å². The topological polar surface area (TPSA) is 32.3 Å². The van der Waals surface area contributed by atoms with Crippen LogP contribution < -0.4 is 5.32 Å². The summed E-state index contributed by atoms with van der Waals surface area (Å²) >= 11 is 0. The number of hydrogen-bond acceptors (Lipinski definition) is 2. The fourth-order valence-corrected chi connectivity index (χ4v) is 2.72. The van der Waals surface area contributed by atoms with Crippen molar-refractivity contribution in [1.82, 2.24) is 10.2 Å². The molecule has 1 aromatic rings. The monoisotopic (exact) mass is 296 g/mol. The van der Waals surface area contributed by atoms with E-state index in [1.54, 1.807) is 4.90 Å². The van der Waals surface area contributed by atoms with Crippen LogP contribution in [0.1, 0.15) is 37.0 Å². The first-order valence-electron chi connectivity index (χ1n) is 7.45. The average Bonchev–Trinajstić information content (AvgIpc) is 2.90. The van der Waals surface area contributed by atoms with Crippen LogP contribution in [0.2, 0.25) is 0 Å². The molecule has 0 spiro atoms. The highest BCUT2D eigenvalue weighted by atomic mass is 19.1. The van der Waals surface area contributed by atoms with Crippen molar-refractivity contribution in [2.45, 2.75) is 32.7 Å². The third kappa shape index (κ3) is 4.00. The Morgan fingerprint density at radius 1 is 1.38 bits per heavy atom. The van der Waals surface area contributed by atoms with Crippen LogP contribution in [0.5, 0.6) is 0 Å². The van der Waals surface area contributed by atoms with Gasteiger partial charge in [-0.25, -0.2) is 8.78 Å². The molecule has 1 atom stereocenters. The predicted molar refractivity (Wildman–Crippen MR) is 78.1 cm³/mol. The minimum absolute atomic E-state index is 0.211. The Labute approximate surface area is 124 Å². The number of amides is 1. The molecule has 1 aliphatic heterocycles. The van der Waals surface area contributed by atoms with E-state index in [-0.39, 0.29) is 12.0 Å². The molecule has 2 rings (SSSR count). The lowest BCUT2D eigenvalue weighted by molar-refractivity contribution is 0.0711. The SMILES string of the molecule is CC(C)CN(CC1CCCN1)C(=O)c1c(F)cccc1F. The molecule has 21 heavy (non-hydrogen) atoms. The van der Waals surface area contributed by atoms with Gasteiger partial charge in [0.25, 0.3) is 5.91 Å². The largest absolute Gasteiger partial charge is 0.337 e. The van der Waals surface area contributed by atoms with Gasteiger partial charge >= 0.3 is 0 Å². The van der Waals surface area contributed by atoms with Gasteiger partial charge in [-0.3, -0.25) is 4.79 Å². The number of nitrogens with one attached hydrogen (secondary N) is 1. The fraction of sp³-hybridized carbons (Fsp3) is 0.562. The lowest BCUT2D eigenvalue weighted by Gasteiger charge is -2.28. The van der Waals surface area contributed by atoms with E-state index in [0.29, 0.717) is 13.1 Å². The van der Waals surface area contributed by atoms with Gasteiger partial charge in [0.1, 0.15) is 17.2 Å². The van der Waals surface area contributed by atoms with E-state index >= 15 is 0 Å². The van der Waals surface area contributed by atoms with E-state index in [1.807, 2.05) is 13.8 Å². The molecule has 1 saturated heterocycles. The van der Waals surface area contributed by atoms with Gasteiger partial charge in [-0.05, 0) is 37.4 Å². The maximum absolute atomic E-state index is 13.8. The summed E-state index contributed by atoms with van der Waals surface area (Å²) in [6.45, 7) is 5.89. The Morgan fingerprint density at radius 2 is 2.05 bits per heavy atom. The second-order valence-electron chi connectivity index (χ2n) is 5.99. The first-order valence-corrected chi connectivity index (χ1v) is 7.45. The van der Waals surface area contributed by atoms with Crippen molar-refractivity contribution < 1.29 is 13.6 Å². The van der Waals surface area contributed by atoms with E-state index in [2.05, 4.69) is 5.32 Å². The zero-order valence-corrected chi connectivity index (χ0v) is 12.5. The van der Waals surface area contributed by atoms with Crippen LogP contribution in [0.15, 0.2) is 18.2 Å². The molecule has 116 valence electrons. The molecule has 0 bridgehead atoms. The van der Waals surface area contributed by atoms with Crippen molar-refractivity contribution in [3.63, 3.8) is 0 Å². The van der Waals surface area contributed by atoms with E-state index in [4.69, 9.17) is 0 Å². The number of rotatable bonds is 5. The van der Waals surface area contributed by atoms with Crippen LogP contribution in [-0.4, -0.2) is 36.5 Å². The number of halogens is 2. The smallest absolute Gasteiger partial charge is 0.259 e. The third-order valence-electron chi connectivity index (χ3n) is 3.65. The molecular formula is C16H22F2N2O. The van der Waals surface area contributed by atoms with Crippen LogP contribution in [0.25, 0.3) is 0 Å². The van der Waals surface area contributed by atoms with Crippen LogP contribution in [-0.2, 0) is 0 Å². The number of benzene rings is 1. The van der Waals surface area contributed by atoms with E-state index in [9.17, 15) is 13.6 Å². The highest BCUT2D eigenvalue weighted by Crippen LogP contribution is 2.17. The second kappa shape index (κ2) is 6.98. The molecule has 1 N–H and O–H groups in total. The summed E-state index contributed by atoms with van der Waals surface area (Å²) in [6.07, 6.45) is 2.06. The van der Waals surface area contributed by atoms with Crippen LogP contribution in [0.4, 0.5) is 8.78 Å². The molecule has 0 radical (unpaired) electrons. The third-order valence-corrected chi connectivity index (χ3v) is 3.65. The maximum Gasteiger partial charge on any atom is 0.259 e. The van der Waals surface area contributed by atoms with Gasteiger partial charge in [-0.1, -0.05) is 19.9 Å². The van der Waals surface area contributed by atoms with Gasteiger partial charge in [-0.15, -0.1) is 0 Å². The highest BCUT2D eigenvalue weighted by molar-refractivity contribution is 5.94. The van der Waals surface area contributed by atoms with Crippen LogP contribution in [0, 0.1) is 17.6 Å². The van der Waals surface area contributed by atoms with E-state index in [0.717, 1.165) is 31.5 Å². The Kier molecular flexibility index (Phi) is 5.28. The van der Waals surface area contributed by atoms with Crippen molar-refractivity contribution in [1.29, 1.82) is 0 Å². The molecule has 1 aliphatic rings. The Hall–Kier alpha value is -1.49. The molecule has 1 fully saturated rings. The van der Waals surface area contributed by atoms with E-state index < -0.39 is 23.1 Å². The van der Waals surface area contributed by atoms with Crippen molar-refractivity contribution in [3.8, 4) is 0 Å². The minimum atomic E-state index is -0.798. The van der Waals surface area contributed by atoms with Gasteiger partial charge in [-0.2, -0.15) is 0 Å². The predicted octanol–water partition coefficient (Wildman–Crippen LogP) is 2.82. The quantitative estimate of drug-likeness (QED) is 0.906. The molecule has 0 aromatic heterocycles. The van der Waals surface area contributed by atoms with Gasteiger partial charge in [0, 0.05) is 19.1 Å². The van der Waals surface area contributed by atoms with Crippen molar-refractivity contribution in [2.24, 2.45) is 5.92 Å². The van der Waals surface area contributed by atoms with E-state index in [1.165, 1.54) is 6.07 Å². The number of carbonyl (C=O) groups is 1. The summed E-state index contributed by atoms with van der Waals surface area (Å²) in [4.78, 5) is 14.1. The summed E-state index contributed by atoms with van der Waals surface area (Å²) in [7, 11) is 0. The van der Waals surface area contributed by atoms with Crippen LogP contribution in [0.3, 0.4) is 0 Å². The molecule has 1 amide bonds. The van der Waals surface area contributed by atoms with Crippen molar-refractivity contribution >= 4 is 5.91 Å². The zero-order valence-electron chi connectivity index (χ0n) is 12.5. The second-order valence-corrected chi connectivity index (χ2v) is 5.99. The number of hydrogen-bond donors (Lipinski definition) is 1. The summed E-state index contributed by atoms with van der Waals surface area (Å²) in [5.41, 5.74) is -0.448. The fourth-order valence-electron chi connectivity index (χ4n) is 2.72.